The second-order valence-corrected chi connectivity index (χ2v) is 11.2. The lowest BCUT2D eigenvalue weighted by Crippen LogP contribution is -2.27. The van der Waals surface area contributed by atoms with Crippen molar-refractivity contribution in [2.24, 2.45) is 5.10 Å². The number of methoxy groups -OCH3 is 1. The van der Waals surface area contributed by atoms with E-state index in [4.69, 9.17) is 4.74 Å². The minimum absolute atomic E-state index is 0.0212. The van der Waals surface area contributed by atoms with Gasteiger partial charge in [0.15, 0.2) is 0 Å². The molecule has 178 valence electrons. The van der Waals surface area contributed by atoms with E-state index in [0.717, 1.165) is 10.7 Å². The summed E-state index contributed by atoms with van der Waals surface area (Å²) < 4.78 is 73.4. The van der Waals surface area contributed by atoms with Crippen LogP contribution in [0.2, 0.25) is 0 Å². The highest BCUT2D eigenvalue weighted by molar-refractivity contribution is 7.92. The van der Waals surface area contributed by atoms with Gasteiger partial charge >= 0.3 is 0 Å². The molecule has 3 aromatic carbocycles. The van der Waals surface area contributed by atoms with Crippen molar-refractivity contribution in [1.82, 2.24) is 4.41 Å². The smallest absolute Gasteiger partial charge is 0.279 e. The minimum atomic E-state index is -4.15. The zero-order valence-electron chi connectivity index (χ0n) is 18.3. The zero-order chi connectivity index (χ0) is 24.5. The van der Waals surface area contributed by atoms with Gasteiger partial charge < -0.3 is 4.74 Å². The van der Waals surface area contributed by atoms with Crippen molar-refractivity contribution >= 4 is 31.4 Å². The molecule has 34 heavy (non-hydrogen) atoms. The van der Waals surface area contributed by atoms with Gasteiger partial charge in [-0.15, -0.1) is 0 Å². The molecule has 1 heterocycles. The van der Waals surface area contributed by atoms with Crippen molar-refractivity contribution < 1.29 is 26.0 Å². The molecule has 0 saturated carbocycles. The molecule has 1 aliphatic heterocycles. The fraction of sp³-hybridized carbons (Fsp3) is 0.174. The van der Waals surface area contributed by atoms with Crippen LogP contribution in [0.1, 0.15) is 23.6 Å². The molecule has 0 unspecified atom stereocenters. The van der Waals surface area contributed by atoms with Crippen LogP contribution in [0, 0.1) is 5.82 Å². The lowest BCUT2D eigenvalue weighted by Gasteiger charge is -2.23. The van der Waals surface area contributed by atoms with Crippen LogP contribution in [-0.2, 0) is 20.0 Å². The van der Waals surface area contributed by atoms with Crippen LogP contribution in [0.15, 0.2) is 82.8 Å². The molecular weight excluding hydrogens is 481 g/mol. The van der Waals surface area contributed by atoms with Crippen molar-refractivity contribution in [3.8, 4) is 5.75 Å². The maximum absolute atomic E-state index is 14.7. The van der Waals surface area contributed by atoms with Gasteiger partial charge in [0.1, 0.15) is 11.6 Å². The number of ether oxygens (including phenoxy) is 1. The molecule has 0 amide bonds. The Kier molecular flexibility index (Phi) is 6.32. The van der Waals surface area contributed by atoms with Crippen molar-refractivity contribution in [2.75, 3.05) is 18.1 Å². The first-order valence-corrected chi connectivity index (χ1v) is 13.5. The SMILES string of the molecule is COc1ccc(S(=O)(=O)N2N=C(c3cccc(NS(C)(=O)=O)c3)C[C@@H]2c2ccccc2F)cc1. The number of sulfonamides is 2. The van der Waals surface area contributed by atoms with Gasteiger partial charge in [0.05, 0.1) is 30.0 Å². The van der Waals surface area contributed by atoms with Crippen molar-refractivity contribution in [2.45, 2.75) is 17.4 Å². The van der Waals surface area contributed by atoms with Crippen LogP contribution in [0.5, 0.6) is 5.75 Å². The average Bonchev–Trinajstić information content (AvgIpc) is 3.25. The Bertz CT molecular complexity index is 1460. The van der Waals surface area contributed by atoms with Gasteiger partial charge in [-0.25, -0.2) is 12.8 Å². The molecule has 0 bridgehead atoms. The van der Waals surface area contributed by atoms with E-state index in [0.29, 0.717) is 22.7 Å². The molecule has 0 radical (unpaired) electrons. The highest BCUT2D eigenvalue weighted by Gasteiger charge is 2.39. The molecule has 0 spiro atoms. The summed E-state index contributed by atoms with van der Waals surface area (Å²) in [6, 6.07) is 17.3. The van der Waals surface area contributed by atoms with Gasteiger partial charge in [-0.05, 0) is 48.0 Å². The third kappa shape index (κ3) is 4.90. The van der Waals surface area contributed by atoms with Gasteiger partial charge in [-0.1, -0.05) is 30.3 Å². The van der Waals surface area contributed by atoms with E-state index in [9.17, 15) is 21.2 Å². The number of anilines is 1. The summed E-state index contributed by atoms with van der Waals surface area (Å²) in [7, 11) is -6.18. The summed E-state index contributed by atoms with van der Waals surface area (Å²) in [6.45, 7) is 0. The van der Waals surface area contributed by atoms with Crippen molar-refractivity contribution in [3.05, 3.63) is 89.7 Å². The molecule has 0 aliphatic carbocycles. The molecule has 0 aromatic heterocycles. The number of halogens is 1. The standard InChI is InChI=1S/C23H22FN3O5S2/c1-32-18-10-12-19(13-11-18)34(30,31)27-23(20-8-3-4-9-21(20)24)15-22(25-27)16-6-5-7-17(14-16)26-33(2,28)29/h3-14,23,26H,15H2,1-2H3/t23-/m1/s1. The molecule has 11 heteroatoms. The highest BCUT2D eigenvalue weighted by Crippen LogP contribution is 2.38. The first-order chi connectivity index (χ1) is 16.1. The van der Waals surface area contributed by atoms with Crippen LogP contribution in [0.3, 0.4) is 0 Å². The number of hydrogen-bond acceptors (Lipinski definition) is 6. The van der Waals surface area contributed by atoms with E-state index in [2.05, 4.69) is 9.82 Å². The molecule has 1 aliphatic rings. The molecule has 3 aromatic rings. The van der Waals surface area contributed by atoms with E-state index in [1.165, 1.54) is 49.6 Å². The average molecular weight is 504 g/mol. The summed E-state index contributed by atoms with van der Waals surface area (Å²) in [5.41, 5.74) is 1.38. The Morgan fingerprint density at radius 3 is 2.35 bits per heavy atom. The second kappa shape index (κ2) is 9.07. The maximum Gasteiger partial charge on any atom is 0.279 e. The normalized spacial score (nSPS) is 16.3. The Labute approximate surface area is 197 Å². The molecule has 0 saturated heterocycles. The topological polar surface area (TPSA) is 105 Å². The molecule has 1 N–H and O–H groups in total. The third-order valence-electron chi connectivity index (χ3n) is 5.24. The summed E-state index contributed by atoms with van der Waals surface area (Å²) in [6.07, 6.45) is 1.13. The van der Waals surface area contributed by atoms with Crippen LogP contribution in [0.4, 0.5) is 10.1 Å². The predicted octanol–water partition coefficient (Wildman–Crippen LogP) is 3.75. The zero-order valence-corrected chi connectivity index (χ0v) is 20.0. The van der Waals surface area contributed by atoms with Gasteiger partial charge in [0, 0.05) is 17.7 Å². The van der Waals surface area contributed by atoms with E-state index < -0.39 is 31.9 Å². The molecular formula is C23H22FN3O5S2. The molecule has 0 fully saturated rings. The minimum Gasteiger partial charge on any atom is -0.497 e. The Morgan fingerprint density at radius 1 is 1.00 bits per heavy atom. The largest absolute Gasteiger partial charge is 0.497 e. The van der Waals surface area contributed by atoms with Gasteiger partial charge in [-0.2, -0.15) is 17.9 Å². The van der Waals surface area contributed by atoms with E-state index in [1.54, 1.807) is 30.3 Å². The summed E-state index contributed by atoms with van der Waals surface area (Å²) in [5, 5.41) is 4.37. The molecule has 4 rings (SSSR count). The van der Waals surface area contributed by atoms with E-state index >= 15 is 0 Å². The lowest BCUT2D eigenvalue weighted by atomic mass is 9.98. The number of rotatable bonds is 7. The number of nitrogens with zero attached hydrogens (tertiary/aromatic N) is 2. The fourth-order valence-electron chi connectivity index (χ4n) is 3.69. The quantitative estimate of drug-likeness (QED) is 0.529. The monoisotopic (exact) mass is 503 g/mol. The van der Waals surface area contributed by atoms with Crippen LogP contribution >= 0.6 is 0 Å². The van der Waals surface area contributed by atoms with Gasteiger partial charge in [0.25, 0.3) is 10.0 Å². The van der Waals surface area contributed by atoms with Crippen molar-refractivity contribution in [1.29, 1.82) is 0 Å². The lowest BCUT2D eigenvalue weighted by molar-refractivity contribution is 0.362. The summed E-state index contributed by atoms with van der Waals surface area (Å²) in [4.78, 5) is -0.0212. The number of hydrogen-bond donors (Lipinski definition) is 1. The molecule has 8 nitrogen and oxygen atoms in total. The van der Waals surface area contributed by atoms with Crippen LogP contribution < -0.4 is 9.46 Å². The second-order valence-electron chi connectivity index (χ2n) is 7.70. The predicted molar refractivity (Wildman–Crippen MR) is 127 cm³/mol. The van der Waals surface area contributed by atoms with Crippen LogP contribution in [0.25, 0.3) is 0 Å². The molecule has 1 atom stereocenters. The first kappa shape index (κ1) is 23.7. The Hall–Kier alpha value is -3.44. The van der Waals surface area contributed by atoms with Crippen molar-refractivity contribution in [3.63, 3.8) is 0 Å². The number of benzene rings is 3. The van der Waals surface area contributed by atoms with Gasteiger partial charge in [-0.3, -0.25) is 4.72 Å². The Balaban J connectivity index is 1.79. The van der Waals surface area contributed by atoms with Crippen LogP contribution in [-0.4, -0.2) is 40.3 Å². The summed E-state index contributed by atoms with van der Waals surface area (Å²) >= 11 is 0. The van der Waals surface area contributed by atoms with Gasteiger partial charge in [0.2, 0.25) is 10.0 Å². The Morgan fingerprint density at radius 2 is 1.71 bits per heavy atom. The third-order valence-corrected chi connectivity index (χ3v) is 7.54. The van der Waals surface area contributed by atoms with E-state index in [-0.39, 0.29) is 16.9 Å². The van der Waals surface area contributed by atoms with E-state index in [1.807, 2.05) is 0 Å². The highest BCUT2D eigenvalue weighted by atomic mass is 32.2. The number of nitrogens with one attached hydrogen (secondary N) is 1. The number of hydrazone groups is 1. The summed E-state index contributed by atoms with van der Waals surface area (Å²) in [5.74, 6) is -0.0585. The fourth-order valence-corrected chi connectivity index (χ4v) is 5.67. The first-order valence-electron chi connectivity index (χ1n) is 10.2. The maximum atomic E-state index is 14.7.